The Bertz CT molecular complexity index is 1010. The molecule has 0 aromatic heterocycles. The van der Waals surface area contributed by atoms with Gasteiger partial charge in [0.05, 0.1) is 25.2 Å². The highest BCUT2D eigenvalue weighted by Gasteiger charge is 2.52. The zero-order valence-electron chi connectivity index (χ0n) is 17.9. The van der Waals surface area contributed by atoms with Crippen LogP contribution in [0.5, 0.6) is 0 Å². The number of carbonyl (C=O) groups is 4. The molecule has 180 valence electrons. The van der Waals surface area contributed by atoms with Crippen LogP contribution in [0.4, 0.5) is 9.59 Å². The molecule has 0 radical (unpaired) electrons. The van der Waals surface area contributed by atoms with Crippen molar-refractivity contribution in [1.29, 1.82) is 0 Å². The van der Waals surface area contributed by atoms with Gasteiger partial charge >= 0.3 is 22.5 Å². The van der Waals surface area contributed by atoms with E-state index in [-0.39, 0.29) is 13.1 Å². The number of amides is 6. The van der Waals surface area contributed by atoms with E-state index < -0.39 is 58.4 Å². The van der Waals surface area contributed by atoms with E-state index in [9.17, 15) is 27.6 Å². The van der Waals surface area contributed by atoms with Crippen LogP contribution in [0, 0.1) is 0 Å². The minimum absolute atomic E-state index is 0.00655. The molecule has 0 unspecified atom stereocenters. The van der Waals surface area contributed by atoms with E-state index in [0.29, 0.717) is 34.1 Å². The van der Waals surface area contributed by atoms with Gasteiger partial charge in [-0.25, -0.2) is 9.59 Å². The number of rotatable bonds is 8. The summed E-state index contributed by atoms with van der Waals surface area (Å²) in [4.78, 5) is 51.4. The number of carbonyl (C=O) groups excluding carboxylic acids is 4. The molecule has 4 rings (SSSR count). The van der Waals surface area contributed by atoms with Gasteiger partial charge in [0.25, 0.3) is 0 Å². The lowest BCUT2D eigenvalue weighted by molar-refractivity contribution is -0.122. The number of hydrogen-bond acceptors (Lipinski definition) is 8. The Labute approximate surface area is 189 Å². The zero-order chi connectivity index (χ0) is 24.2. The summed E-state index contributed by atoms with van der Waals surface area (Å²) < 4.78 is 35.1. The molecular weight excluding hydrogens is 460 g/mol. The number of primary amides is 2. The number of nitrogens with two attached hydrogens (primary N) is 2. The average molecular weight is 484 g/mol. The summed E-state index contributed by atoms with van der Waals surface area (Å²) in [6.07, 6.45) is 3.94. The van der Waals surface area contributed by atoms with Crippen molar-refractivity contribution in [3.63, 3.8) is 0 Å². The third-order valence-corrected chi connectivity index (χ3v) is 6.76. The number of hydroxylamine groups is 4. The van der Waals surface area contributed by atoms with Crippen molar-refractivity contribution < 1.29 is 36.2 Å². The van der Waals surface area contributed by atoms with Gasteiger partial charge in [0.15, 0.2) is 0 Å². The van der Waals surface area contributed by atoms with Crippen molar-refractivity contribution in [3.8, 4) is 0 Å². The van der Waals surface area contributed by atoms with Gasteiger partial charge in [-0.05, 0) is 24.0 Å². The van der Waals surface area contributed by atoms with E-state index in [4.69, 9.17) is 20.0 Å². The van der Waals surface area contributed by atoms with Crippen molar-refractivity contribution in [2.75, 3.05) is 13.1 Å². The largest absolute Gasteiger partial charge is 0.442 e. The summed E-state index contributed by atoms with van der Waals surface area (Å²) in [5, 5.41) is 1.14. The van der Waals surface area contributed by atoms with Gasteiger partial charge in [-0.1, -0.05) is 26.0 Å². The van der Waals surface area contributed by atoms with Gasteiger partial charge in [-0.2, -0.15) is 18.5 Å². The molecule has 4 heterocycles. The molecule has 4 N–H and O–H groups in total. The summed E-state index contributed by atoms with van der Waals surface area (Å²) in [5.41, 5.74) is 12.0. The summed E-state index contributed by atoms with van der Waals surface area (Å²) in [5.74, 6) is -1.50. The van der Waals surface area contributed by atoms with Crippen molar-refractivity contribution in [2.24, 2.45) is 11.5 Å². The standard InChI is InChI=1S/C18H24N6O8S/c1-3-9-5-11-7-21(13(9)15(19)25)17(27)23(11)31-33(29,30)32-24-12-6-10(4-2)14(16(20)26)22(8-12)18(24)28/h5-6,11-14H,3-4,7-8H2,1-2H3,(H2,19,25)(H2,20,26)/t11-,12-,13+,14+/m1/s1. The first-order valence-electron chi connectivity index (χ1n) is 10.3. The van der Waals surface area contributed by atoms with Crippen molar-refractivity contribution in [1.82, 2.24) is 19.9 Å². The van der Waals surface area contributed by atoms with E-state index in [1.54, 1.807) is 26.0 Å². The lowest BCUT2D eigenvalue weighted by Gasteiger charge is -2.28. The van der Waals surface area contributed by atoms with Gasteiger partial charge in [-0.15, -0.1) is 8.57 Å². The highest BCUT2D eigenvalue weighted by molar-refractivity contribution is 7.81. The van der Waals surface area contributed by atoms with Crippen molar-refractivity contribution in [3.05, 3.63) is 23.3 Å². The summed E-state index contributed by atoms with van der Waals surface area (Å²) in [6, 6.07) is -5.38. The molecule has 0 aliphatic carbocycles. The van der Waals surface area contributed by atoms with Crippen LogP contribution >= 0.6 is 0 Å². The fourth-order valence-corrected chi connectivity index (χ4v) is 5.44. The quantitative estimate of drug-likeness (QED) is 0.398. The van der Waals surface area contributed by atoms with Crippen LogP contribution in [0.2, 0.25) is 0 Å². The molecule has 4 bridgehead atoms. The molecule has 6 amide bonds. The van der Waals surface area contributed by atoms with Crippen LogP contribution in [-0.2, 0) is 28.6 Å². The molecule has 33 heavy (non-hydrogen) atoms. The molecule has 2 fully saturated rings. The van der Waals surface area contributed by atoms with Gasteiger partial charge in [0.2, 0.25) is 11.8 Å². The second kappa shape index (κ2) is 8.00. The number of fused-ring (bicyclic) bond motifs is 4. The van der Waals surface area contributed by atoms with Gasteiger partial charge < -0.3 is 21.3 Å². The Morgan fingerprint density at radius 2 is 1.24 bits per heavy atom. The third kappa shape index (κ3) is 3.71. The summed E-state index contributed by atoms with van der Waals surface area (Å²) >= 11 is 0. The summed E-state index contributed by atoms with van der Waals surface area (Å²) in [6.45, 7) is 3.53. The predicted octanol–water partition coefficient (Wildman–Crippen LogP) is -1.29. The molecule has 0 aromatic carbocycles. The van der Waals surface area contributed by atoms with Crippen molar-refractivity contribution in [2.45, 2.75) is 50.9 Å². The second-order valence-electron chi connectivity index (χ2n) is 8.01. The highest BCUT2D eigenvalue weighted by atomic mass is 32.3. The highest BCUT2D eigenvalue weighted by Crippen LogP contribution is 2.34. The maximum absolute atomic E-state index is 12.7. The third-order valence-electron chi connectivity index (χ3n) is 6.08. The number of nitrogens with zero attached hydrogens (tertiary/aromatic N) is 4. The molecule has 4 aliphatic heterocycles. The van der Waals surface area contributed by atoms with Crippen LogP contribution in [0.15, 0.2) is 23.3 Å². The first-order valence-corrected chi connectivity index (χ1v) is 11.7. The fourth-order valence-electron chi connectivity index (χ4n) is 4.67. The molecular formula is C18H24N6O8S. The number of hydrogen-bond donors (Lipinski definition) is 2. The molecule has 0 spiro atoms. The minimum Gasteiger partial charge on any atom is -0.368 e. The summed E-state index contributed by atoms with van der Waals surface area (Å²) in [7, 11) is -4.95. The van der Waals surface area contributed by atoms with E-state index in [1.807, 2.05) is 0 Å². The number of urea groups is 2. The Balaban J connectivity index is 1.53. The van der Waals surface area contributed by atoms with Gasteiger partial charge in [0.1, 0.15) is 12.1 Å². The van der Waals surface area contributed by atoms with E-state index in [1.165, 1.54) is 0 Å². The minimum atomic E-state index is -4.95. The lowest BCUT2D eigenvalue weighted by atomic mass is 9.96. The first kappa shape index (κ1) is 23.0. The average Bonchev–Trinajstić information content (AvgIpc) is 3.12. The Hall–Kier alpha value is -3.17. The first-order chi connectivity index (χ1) is 15.5. The zero-order valence-corrected chi connectivity index (χ0v) is 18.7. The predicted molar refractivity (Wildman–Crippen MR) is 109 cm³/mol. The monoisotopic (exact) mass is 484 g/mol. The molecule has 15 heteroatoms. The van der Waals surface area contributed by atoms with Gasteiger partial charge in [-0.3, -0.25) is 9.59 Å². The van der Waals surface area contributed by atoms with Crippen molar-refractivity contribution >= 4 is 34.3 Å². The topological polar surface area (TPSA) is 186 Å². The maximum Gasteiger partial charge on any atom is 0.442 e. The molecule has 4 atom stereocenters. The fraction of sp³-hybridized carbons (Fsp3) is 0.556. The van der Waals surface area contributed by atoms with Crippen LogP contribution < -0.4 is 11.5 Å². The molecule has 4 aliphatic rings. The Morgan fingerprint density at radius 1 is 0.879 bits per heavy atom. The maximum atomic E-state index is 12.7. The van der Waals surface area contributed by atoms with Gasteiger partial charge in [0, 0.05) is 0 Å². The normalized spacial score (nSPS) is 28.9. The SMILES string of the molecule is CCC1=C[C@@H]2CN(C(=O)N2OS(=O)(=O)ON2C(=O)N3C[C@H]2C=C(CC)[C@H]3C(N)=O)[C@@H]1C(N)=O. The van der Waals surface area contributed by atoms with Crippen LogP contribution in [-0.4, -0.2) is 89.5 Å². The van der Waals surface area contributed by atoms with E-state index >= 15 is 0 Å². The van der Waals surface area contributed by atoms with E-state index in [2.05, 4.69) is 0 Å². The molecule has 2 saturated heterocycles. The second-order valence-corrected chi connectivity index (χ2v) is 9.13. The van der Waals surface area contributed by atoms with Crippen LogP contribution in [0.1, 0.15) is 26.7 Å². The molecule has 0 aromatic rings. The smallest absolute Gasteiger partial charge is 0.368 e. The lowest BCUT2D eigenvalue weighted by Crippen LogP contribution is -2.48. The van der Waals surface area contributed by atoms with E-state index in [0.717, 1.165) is 9.80 Å². The Morgan fingerprint density at radius 3 is 1.55 bits per heavy atom. The van der Waals surface area contributed by atoms with Crippen LogP contribution in [0.25, 0.3) is 0 Å². The Kier molecular flexibility index (Phi) is 5.58. The van der Waals surface area contributed by atoms with Crippen LogP contribution in [0.3, 0.4) is 0 Å². The molecule has 0 saturated carbocycles. The molecule has 14 nitrogen and oxygen atoms in total.